The molecule has 0 spiro atoms. The van der Waals surface area contributed by atoms with Crippen LogP contribution in [0.1, 0.15) is 5.69 Å². The van der Waals surface area contributed by atoms with Crippen LogP contribution in [-0.2, 0) is 17.9 Å². The van der Waals surface area contributed by atoms with Crippen molar-refractivity contribution in [2.75, 3.05) is 27.2 Å². The molecule has 0 unspecified atom stereocenters. The molecule has 3 aromatic rings. The third kappa shape index (κ3) is 4.66. The van der Waals surface area contributed by atoms with Gasteiger partial charge in [0.15, 0.2) is 0 Å². The fourth-order valence-corrected chi connectivity index (χ4v) is 3.94. The van der Waals surface area contributed by atoms with Crippen molar-refractivity contribution in [3.63, 3.8) is 0 Å². The van der Waals surface area contributed by atoms with Gasteiger partial charge in [-0.1, -0.05) is 35.3 Å². The maximum absolute atomic E-state index is 12.7. The van der Waals surface area contributed by atoms with Crippen LogP contribution >= 0.6 is 23.2 Å². The zero-order valence-corrected chi connectivity index (χ0v) is 18.9. The number of likely N-dealkylation sites (N-methyl/N-ethyl adjacent to an activating group) is 1. The van der Waals surface area contributed by atoms with Crippen molar-refractivity contribution in [1.29, 1.82) is 0 Å². The van der Waals surface area contributed by atoms with Gasteiger partial charge in [0, 0.05) is 42.7 Å². The Kier molecular flexibility index (Phi) is 6.41. The third-order valence-corrected chi connectivity index (χ3v) is 5.92. The summed E-state index contributed by atoms with van der Waals surface area (Å²) in [4.78, 5) is 20.8. The molecule has 6 nitrogen and oxygen atoms in total. The van der Waals surface area contributed by atoms with Crippen LogP contribution in [0.25, 0.3) is 22.4 Å². The van der Waals surface area contributed by atoms with E-state index in [1.165, 1.54) is 0 Å². The van der Waals surface area contributed by atoms with E-state index in [1.54, 1.807) is 24.5 Å². The van der Waals surface area contributed by atoms with Gasteiger partial charge in [-0.25, -0.2) is 0 Å². The molecular formula is C23H23Cl2N5O. The Morgan fingerprint density at radius 1 is 1.10 bits per heavy atom. The highest BCUT2D eigenvalue weighted by molar-refractivity contribution is 6.42. The van der Waals surface area contributed by atoms with Crippen LogP contribution in [-0.4, -0.2) is 57.7 Å². The van der Waals surface area contributed by atoms with Crippen LogP contribution in [0.2, 0.25) is 10.0 Å². The van der Waals surface area contributed by atoms with Gasteiger partial charge >= 0.3 is 0 Å². The Hall–Kier alpha value is -2.67. The second-order valence-electron chi connectivity index (χ2n) is 7.68. The molecule has 3 heterocycles. The number of hydrogen-bond donors (Lipinski definition) is 0. The summed E-state index contributed by atoms with van der Waals surface area (Å²) in [7, 11) is 3.94. The van der Waals surface area contributed by atoms with E-state index in [9.17, 15) is 4.79 Å². The van der Waals surface area contributed by atoms with Gasteiger partial charge in [-0.05, 0) is 43.9 Å². The Balaban J connectivity index is 1.74. The summed E-state index contributed by atoms with van der Waals surface area (Å²) in [5.74, 6) is 0.00562. The lowest BCUT2D eigenvalue weighted by Gasteiger charge is -2.27. The lowest BCUT2D eigenvalue weighted by atomic mass is 9.99. The van der Waals surface area contributed by atoms with Gasteiger partial charge in [-0.15, -0.1) is 0 Å². The van der Waals surface area contributed by atoms with Crippen LogP contribution in [0.3, 0.4) is 0 Å². The highest BCUT2D eigenvalue weighted by atomic mass is 35.5. The lowest BCUT2D eigenvalue weighted by Crippen LogP contribution is -2.37. The number of rotatable bonds is 5. The predicted molar refractivity (Wildman–Crippen MR) is 124 cm³/mol. The van der Waals surface area contributed by atoms with Crippen molar-refractivity contribution in [1.82, 2.24) is 24.6 Å². The molecular weight excluding hydrogens is 433 g/mol. The molecule has 1 aliphatic rings. The molecule has 1 aliphatic heterocycles. The molecule has 0 radical (unpaired) electrons. The largest absolute Gasteiger partial charge is 0.331 e. The molecule has 2 aromatic heterocycles. The summed E-state index contributed by atoms with van der Waals surface area (Å²) in [5, 5.41) is 5.86. The van der Waals surface area contributed by atoms with Crippen LogP contribution in [0.4, 0.5) is 0 Å². The molecule has 0 aliphatic carbocycles. The van der Waals surface area contributed by atoms with E-state index in [1.807, 2.05) is 58.9 Å². The van der Waals surface area contributed by atoms with Gasteiger partial charge in [0.1, 0.15) is 5.69 Å². The number of fused-ring (bicyclic) bond motifs is 1. The van der Waals surface area contributed by atoms with Crippen LogP contribution in [0.5, 0.6) is 0 Å². The van der Waals surface area contributed by atoms with Crippen molar-refractivity contribution in [2.45, 2.75) is 13.1 Å². The molecule has 1 amide bonds. The maximum Gasteiger partial charge on any atom is 0.246 e. The van der Waals surface area contributed by atoms with E-state index in [0.717, 1.165) is 34.6 Å². The molecule has 31 heavy (non-hydrogen) atoms. The Morgan fingerprint density at radius 2 is 1.87 bits per heavy atom. The third-order valence-electron chi connectivity index (χ3n) is 5.18. The fraction of sp³-hybridized carbons (Fsp3) is 0.261. The minimum Gasteiger partial charge on any atom is -0.331 e. The summed E-state index contributed by atoms with van der Waals surface area (Å²) >= 11 is 12.4. The molecule has 4 rings (SSSR count). The van der Waals surface area contributed by atoms with Gasteiger partial charge in [-0.2, -0.15) is 5.10 Å². The zero-order valence-electron chi connectivity index (χ0n) is 17.4. The molecule has 8 heteroatoms. The van der Waals surface area contributed by atoms with Crippen molar-refractivity contribution in [3.05, 3.63) is 70.6 Å². The van der Waals surface area contributed by atoms with Crippen LogP contribution in [0, 0.1) is 0 Å². The second kappa shape index (κ2) is 9.22. The number of amides is 1. The van der Waals surface area contributed by atoms with Crippen LogP contribution in [0.15, 0.2) is 54.9 Å². The number of nitrogens with zero attached hydrogens (tertiary/aromatic N) is 5. The maximum atomic E-state index is 12.7. The normalized spacial score (nSPS) is 13.8. The quantitative estimate of drug-likeness (QED) is 0.535. The van der Waals surface area contributed by atoms with Gasteiger partial charge in [0.25, 0.3) is 0 Å². The van der Waals surface area contributed by atoms with E-state index in [-0.39, 0.29) is 5.91 Å². The molecule has 0 saturated carbocycles. The first-order chi connectivity index (χ1) is 14.9. The van der Waals surface area contributed by atoms with Crippen molar-refractivity contribution < 1.29 is 4.79 Å². The number of aromatic nitrogens is 3. The lowest BCUT2D eigenvalue weighted by molar-refractivity contribution is -0.127. The standard InChI is InChI=1S/C23H23Cl2N5O/c1-28(2)11-3-4-21(31)29-12-13-30-20(15-29)22(16-7-9-26-10-8-16)23(27-30)17-5-6-18(24)19(25)14-17/h3-10,14H,11-13,15H2,1-2H3/b4-3+. The molecule has 1 aromatic carbocycles. The number of carbonyl (C=O) groups excluding carboxylic acids is 1. The Bertz CT molecular complexity index is 1120. The highest BCUT2D eigenvalue weighted by Crippen LogP contribution is 2.38. The molecule has 0 atom stereocenters. The monoisotopic (exact) mass is 455 g/mol. The Labute approximate surface area is 191 Å². The molecule has 0 saturated heterocycles. The number of carbonyl (C=O) groups is 1. The molecule has 0 N–H and O–H groups in total. The summed E-state index contributed by atoms with van der Waals surface area (Å²) in [5.41, 5.74) is 4.67. The highest BCUT2D eigenvalue weighted by Gasteiger charge is 2.27. The number of hydrogen-bond acceptors (Lipinski definition) is 4. The number of benzene rings is 1. The first-order valence-corrected chi connectivity index (χ1v) is 10.8. The van der Waals surface area contributed by atoms with Gasteiger partial charge in [0.2, 0.25) is 5.91 Å². The minimum atomic E-state index is 0.00562. The van der Waals surface area contributed by atoms with E-state index in [4.69, 9.17) is 28.3 Å². The van der Waals surface area contributed by atoms with Gasteiger partial charge in [0.05, 0.1) is 28.8 Å². The number of pyridine rings is 1. The average molecular weight is 456 g/mol. The predicted octanol–water partition coefficient (Wildman–Crippen LogP) is 4.38. The smallest absolute Gasteiger partial charge is 0.246 e. The number of halogens is 2. The van der Waals surface area contributed by atoms with Gasteiger partial charge in [-0.3, -0.25) is 14.5 Å². The molecule has 0 bridgehead atoms. The Morgan fingerprint density at radius 3 is 2.58 bits per heavy atom. The van der Waals surface area contributed by atoms with E-state index >= 15 is 0 Å². The van der Waals surface area contributed by atoms with E-state index < -0.39 is 0 Å². The minimum absolute atomic E-state index is 0.00562. The second-order valence-corrected chi connectivity index (χ2v) is 8.50. The fourth-order valence-electron chi connectivity index (χ4n) is 3.64. The zero-order chi connectivity index (χ0) is 22.0. The SMILES string of the molecule is CN(C)C/C=C/C(=O)N1CCn2nc(-c3ccc(Cl)c(Cl)c3)c(-c3ccncc3)c2C1. The van der Waals surface area contributed by atoms with Crippen molar-refractivity contribution in [2.24, 2.45) is 0 Å². The first-order valence-electron chi connectivity index (χ1n) is 9.99. The average Bonchev–Trinajstić information content (AvgIpc) is 3.14. The van der Waals surface area contributed by atoms with Crippen LogP contribution < -0.4 is 0 Å². The summed E-state index contributed by atoms with van der Waals surface area (Å²) in [6, 6.07) is 9.43. The van der Waals surface area contributed by atoms with Crippen molar-refractivity contribution >= 4 is 29.1 Å². The summed E-state index contributed by atoms with van der Waals surface area (Å²) in [6.07, 6.45) is 7.05. The first kappa shape index (κ1) is 21.6. The molecule has 160 valence electrons. The summed E-state index contributed by atoms with van der Waals surface area (Å²) in [6.45, 7) is 2.44. The van der Waals surface area contributed by atoms with E-state index in [0.29, 0.717) is 29.7 Å². The van der Waals surface area contributed by atoms with E-state index in [2.05, 4.69) is 4.98 Å². The topological polar surface area (TPSA) is 54.3 Å². The van der Waals surface area contributed by atoms with Crippen molar-refractivity contribution in [3.8, 4) is 22.4 Å². The molecule has 0 fully saturated rings. The van der Waals surface area contributed by atoms with Gasteiger partial charge < -0.3 is 9.80 Å². The summed E-state index contributed by atoms with van der Waals surface area (Å²) < 4.78 is 1.99.